The molecule has 3 heteroatoms. The van der Waals surface area contributed by atoms with Crippen molar-refractivity contribution in [2.45, 2.75) is 38.5 Å². The molecule has 0 heterocycles. The van der Waals surface area contributed by atoms with Crippen LogP contribution < -0.4 is 0 Å². The van der Waals surface area contributed by atoms with Crippen LogP contribution in [0.4, 0.5) is 4.39 Å². The lowest BCUT2D eigenvalue weighted by Gasteiger charge is -2.06. The smallest absolute Gasteiger partial charge is 0.163 e. The van der Waals surface area contributed by atoms with Crippen LogP contribution in [0.3, 0.4) is 0 Å². The number of carbonyl (C=O) groups is 1. The Balaban J connectivity index is 2.10. The van der Waals surface area contributed by atoms with Gasteiger partial charge in [0.05, 0.1) is 0 Å². The first-order valence-corrected chi connectivity index (χ1v) is 6.71. The zero-order valence-electron chi connectivity index (χ0n) is 10.2. The molecule has 1 aliphatic rings. The van der Waals surface area contributed by atoms with Gasteiger partial charge in [-0.05, 0) is 55.0 Å². The maximum atomic E-state index is 13.5. The number of allylic oxidation sites excluding steroid dienone is 2. The van der Waals surface area contributed by atoms with Gasteiger partial charge in [-0.2, -0.15) is 0 Å². The van der Waals surface area contributed by atoms with Crippen LogP contribution in [-0.2, 0) is 11.2 Å². The molecule has 0 spiro atoms. The van der Waals surface area contributed by atoms with Crippen LogP contribution in [0.25, 0.3) is 0 Å². The van der Waals surface area contributed by atoms with E-state index in [4.69, 9.17) is 11.6 Å². The van der Waals surface area contributed by atoms with E-state index in [9.17, 15) is 9.18 Å². The van der Waals surface area contributed by atoms with Gasteiger partial charge in [0.1, 0.15) is 5.82 Å². The molecule has 0 amide bonds. The van der Waals surface area contributed by atoms with Gasteiger partial charge in [0.2, 0.25) is 0 Å². The Bertz CT molecular complexity index is 479. The molecule has 96 valence electrons. The number of ketones is 1. The van der Waals surface area contributed by atoms with Gasteiger partial charge in [-0.15, -0.1) is 0 Å². The quantitative estimate of drug-likeness (QED) is 0.788. The molecule has 0 radical (unpaired) electrons. The summed E-state index contributed by atoms with van der Waals surface area (Å²) in [7, 11) is 0. The second-order valence-electron chi connectivity index (χ2n) is 4.66. The summed E-state index contributed by atoms with van der Waals surface area (Å²) in [4.78, 5) is 12.1. The fraction of sp³-hybridized carbons (Fsp3) is 0.400. The normalized spacial score (nSPS) is 16.0. The molecule has 0 saturated carbocycles. The van der Waals surface area contributed by atoms with Crippen LogP contribution in [0.2, 0.25) is 5.02 Å². The average molecular weight is 267 g/mol. The third-order valence-corrected chi connectivity index (χ3v) is 3.49. The molecule has 1 aliphatic carbocycles. The van der Waals surface area contributed by atoms with Crippen molar-refractivity contribution in [3.05, 3.63) is 46.3 Å². The minimum Gasteiger partial charge on any atom is -0.294 e. The lowest BCUT2D eigenvalue weighted by molar-refractivity contribution is -0.115. The topological polar surface area (TPSA) is 17.1 Å². The molecule has 1 nitrogen and oxygen atoms in total. The molecule has 1 aromatic rings. The highest BCUT2D eigenvalue weighted by molar-refractivity contribution is 6.30. The number of Topliss-reactive ketones (excluding diaryl/α,β-unsaturated/α-hetero) is 1. The molecule has 0 aliphatic heterocycles. The lowest BCUT2D eigenvalue weighted by atomic mass is 9.99. The van der Waals surface area contributed by atoms with Crippen molar-refractivity contribution < 1.29 is 9.18 Å². The average Bonchev–Trinajstić information content (AvgIpc) is 2.62. The zero-order chi connectivity index (χ0) is 13.0. The molecule has 0 fully saturated rings. The second kappa shape index (κ2) is 6.14. The predicted molar refractivity (Wildman–Crippen MR) is 71.3 cm³/mol. The SMILES string of the molecule is O=C(Cc1cc(Cl)ccc1F)C1=CCCCCC1. The summed E-state index contributed by atoms with van der Waals surface area (Å²) < 4.78 is 13.5. The van der Waals surface area contributed by atoms with Crippen LogP contribution in [0, 0.1) is 5.82 Å². The van der Waals surface area contributed by atoms with Gasteiger partial charge in [0.25, 0.3) is 0 Å². The highest BCUT2D eigenvalue weighted by Crippen LogP contribution is 2.21. The van der Waals surface area contributed by atoms with E-state index < -0.39 is 0 Å². The van der Waals surface area contributed by atoms with E-state index in [0.29, 0.717) is 10.6 Å². The first-order valence-electron chi connectivity index (χ1n) is 6.33. The minimum absolute atomic E-state index is 0.0260. The summed E-state index contributed by atoms with van der Waals surface area (Å²) in [5, 5.41) is 0.467. The Labute approximate surface area is 112 Å². The Kier molecular flexibility index (Phi) is 4.54. The maximum absolute atomic E-state index is 13.5. The number of rotatable bonds is 3. The summed E-state index contributed by atoms with van der Waals surface area (Å²) >= 11 is 5.82. The highest BCUT2D eigenvalue weighted by Gasteiger charge is 2.14. The van der Waals surface area contributed by atoms with Gasteiger partial charge in [-0.1, -0.05) is 24.1 Å². The summed E-state index contributed by atoms with van der Waals surface area (Å²) in [6.07, 6.45) is 7.26. The highest BCUT2D eigenvalue weighted by atomic mass is 35.5. The molecule has 2 rings (SSSR count). The van der Waals surface area contributed by atoms with Crippen molar-refractivity contribution in [3.8, 4) is 0 Å². The Morgan fingerprint density at radius 2 is 2.11 bits per heavy atom. The molecular formula is C15H16ClFO. The molecule has 0 bridgehead atoms. The molecule has 0 N–H and O–H groups in total. The summed E-state index contributed by atoms with van der Waals surface area (Å²) in [6, 6.07) is 4.34. The van der Waals surface area contributed by atoms with Crippen LogP contribution in [0.5, 0.6) is 0 Å². The van der Waals surface area contributed by atoms with E-state index in [1.807, 2.05) is 6.08 Å². The van der Waals surface area contributed by atoms with Crippen LogP contribution in [0.1, 0.15) is 37.7 Å². The predicted octanol–water partition coefficient (Wildman–Crippen LogP) is 4.48. The van der Waals surface area contributed by atoms with Crippen molar-refractivity contribution >= 4 is 17.4 Å². The van der Waals surface area contributed by atoms with Gasteiger partial charge in [-0.25, -0.2) is 4.39 Å². The van der Waals surface area contributed by atoms with E-state index in [1.54, 1.807) is 0 Å². The van der Waals surface area contributed by atoms with Gasteiger partial charge < -0.3 is 0 Å². The minimum atomic E-state index is -0.359. The third kappa shape index (κ3) is 3.42. The lowest BCUT2D eigenvalue weighted by Crippen LogP contribution is -2.07. The Morgan fingerprint density at radius 1 is 1.28 bits per heavy atom. The van der Waals surface area contributed by atoms with Crippen molar-refractivity contribution in [1.29, 1.82) is 0 Å². The van der Waals surface area contributed by atoms with Crippen molar-refractivity contribution in [3.63, 3.8) is 0 Å². The Morgan fingerprint density at radius 3 is 2.94 bits per heavy atom. The first kappa shape index (κ1) is 13.3. The van der Waals surface area contributed by atoms with Gasteiger partial charge in [-0.3, -0.25) is 4.79 Å². The largest absolute Gasteiger partial charge is 0.294 e. The number of hydrogen-bond donors (Lipinski definition) is 0. The van der Waals surface area contributed by atoms with E-state index in [2.05, 4.69) is 0 Å². The van der Waals surface area contributed by atoms with E-state index >= 15 is 0 Å². The molecule has 0 unspecified atom stereocenters. The summed E-state index contributed by atoms with van der Waals surface area (Å²) in [5.41, 5.74) is 1.24. The number of benzene rings is 1. The maximum Gasteiger partial charge on any atom is 0.163 e. The third-order valence-electron chi connectivity index (χ3n) is 3.26. The van der Waals surface area contributed by atoms with Gasteiger partial charge >= 0.3 is 0 Å². The van der Waals surface area contributed by atoms with E-state index in [-0.39, 0.29) is 18.0 Å². The molecule has 18 heavy (non-hydrogen) atoms. The van der Waals surface area contributed by atoms with Crippen molar-refractivity contribution in [1.82, 2.24) is 0 Å². The zero-order valence-corrected chi connectivity index (χ0v) is 11.0. The van der Waals surface area contributed by atoms with E-state index in [0.717, 1.165) is 31.3 Å². The fourth-order valence-electron chi connectivity index (χ4n) is 2.23. The summed E-state index contributed by atoms with van der Waals surface area (Å²) in [6.45, 7) is 0. The van der Waals surface area contributed by atoms with Crippen LogP contribution in [-0.4, -0.2) is 5.78 Å². The number of carbonyl (C=O) groups excluding carboxylic acids is 1. The van der Waals surface area contributed by atoms with E-state index in [1.165, 1.54) is 24.6 Å². The number of halogens is 2. The number of hydrogen-bond acceptors (Lipinski definition) is 1. The monoisotopic (exact) mass is 266 g/mol. The van der Waals surface area contributed by atoms with Gasteiger partial charge in [0, 0.05) is 11.4 Å². The Hall–Kier alpha value is -1.15. The van der Waals surface area contributed by atoms with Crippen molar-refractivity contribution in [2.24, 2.45) is 0 Å². The first-order chi connectivity index (χ1) is 8.66. The van der Waals surface area contributed by atoms with Crippen molar-refractivity contribution in [2.75, 3.05) is 0 Å². The van der Waals surface area contributed by atoms with Gasteiger partial charge in [0.15, 0.2) is 5.78 Å². The summed E-state index contributed by atoms with van der Waals surface area (Å²) in [5.74, 6) is -0.333. The van der Waals surface area contributed by atoms with Crippen LogP contribution >= 0.6 is 11.6 Å². The fourth-order valence-corrected chi connectivity index (χ4v) is 2.43. The molecule has 1 aromatic carbocycles. The second-order valence-corrected chi connectivity index (χ2v) is 5.10. The molecule has 0 aromatic heterocycles. The standard InChI is InChI=1S/C15H16ClFO/c16-13-7-8-14(17)12(9-13)10-15(18)11-5-3-1-2-4-6-11/h5,7-9H,1-4,6,10H2. The van der Waals surface area contributed by atoms with Crippen LogP contribution in [0.15, 0.2) is 29.8 Å². The molecular weight excluding hydrogens is 251 g/mol. The molecule has 0 atom stereocenters. The molecule has 0 saturated heterocycles.